The standard InChI is InChI=1S/C20H20N4O4/c1-3-22-20(26)24-19(25)11(2)14-8-16-17(28-10-27-16)9-15(14)18(23-24)12-4-6-13(21)7-5-12/h4-9,11H,3,10,21H2,1-2H3,(H,22,26). The van der Waals surface area contributed by atoms with Crippen molar-refractivity contribution < 1.29 is 19.1 Å². The summed E-state index contributed by atoms with van der Waals surface area (Å²) in [5, 5.41) is 7.98. The topological polar surface area (TPSA) is 106 Å². The molecule has 4 rings (SSSR count). The number of urea groups is 1. The molecule has 2 aromatic carbocycles. The van der Waals surface area contributed by atoms with E-state index in [0.717, 1.165) is 16.1 Å². The number of hydrogen-bond donors (Lipinski definition) is 2. The van der Waals surface area contributed by atoms with Gasteiger partial charge in [-0.15, -0.1) is 5.01 Å². The lowest BCUT2D eigenvalue weighted by atomic mass is 9.90. The van der Waals surface area contributed by atoms with Crippen LogP contribution in [0.25, 0.3) is 0 Å². The number of nitrogen functional groups attached to an aromatic ring is 1. The third-order valence-electron chi connectivity index (χ3n) is 4.75. The maximum absolute atomic E-state index is 13.0. The van der Waals surface area contributed by atoms with E-state index in [1.165, 1.54) is 0 Å². The van der Waals surface area contributed by atoms with E-state index < -0.39 is 17.9 Å². The SMILES string of the molecule is CCNC(=O)N1N=C(c2ccc(N)cc2)c2cc3c(cc2C(C)C1=O)OCO3. The Hall–Kier alpha value is -3.55. The number of carbonyl (C=O) groups is 2. The number of fused-ring (bicyclic) bond motifs is 2. The fraction of sp³-hybridized carbons (Fsp3) is 0.250. The van der Waals surface area contributed by atoms with Crippen LogP contribution in [-0.4, -0.2) is 36.0 Å². The molecular formula is C20H20N4O4. The number of carbonyl (C=O) groups excluding carboxylic acids is 2. The van der Waals surface area contributed by atoms with Gasteiger partial charge in [0.15, 0.2) is 11.5 Å². The normalized spacial score (nSPS) is 17.6. The molecule has 2 heterocycles. The van der Waals surface area contributed by atoms with E-state index in [0.29, 0.717) is 35.0 Å². The summed E-state index contributed by atoms with van der Waals surface area (Å²) >= 11 is 0. The molecule has 2 aliphatic heterocycles. The number of ether oxygens (including phenoxy) is 2. The zero-order valence-corrected chi connectivity index (χ0v) is 15.6. The van der Waals surface area contributed by atoms with E-state index in [9.17, 15) is 9.59 Å². The molecular weight excluding hydrogens is 360 g/mol. The Bertz CT molecular complexity index is 984. The highest BCUT2D eigenvalue weighted by molar-refractivity contribution is 6.17. The van der Waals surface area contributed by atoms with Crippen LogP contribution in [-0.2, 0) is 4.79 Å². The third-order valence-corrected chi connectivity index (χ3v) is 4.75. The van der Waals surface area contributed by atoms with Gasteiger partial charge < -0.3 is 20.5 Å². The van der Waals surface area contributed by atoms with Crippen molar-refractivity contribution in [1.82, 2.24) is 10.3 Å². The monoisotopic (exact) mass is 380 g/mol. The molecule has 2 aromatic rings. The molecule has 1 atom stereocenters. The first-order valence-electron chi connectivity index (χ1n) is 8.99. The van der Waals surface area contributed by atoms with Crippen LogP contribution in [0.15, 0.2) is 41.5 Å². The summed E-state index contributed by atoms with van der Waals surface area (Å²) in [6, 6.07) is 10.1. The molecule has 144 valence electrons. The average Bonchev–Trinajstić information content (AvgIpc) is 3.11. The second kappa shape index (κ2) is 6.88. The zero-order chi connectivity index (χ0) is 19.8. The number of nitrogens with two attached hydrogens (primary N) is 1. The van der Waals surface area contributed by atoms with Crippen LogP contribution in [0.2, 0.25) is 0 Å². The molecule has 3 N–H and O–H groups in total. The highest BCUT2D eigenvalue weighted by atomic mass is 16.7. The highest BCUT2D eigenvalue weighted by Gasteiger charge is 2.35. The molecule has 28 heavy (non-hydrogen) atoms. The van der Waals surface area contributed by atoms with Crippen LogP contribution in [0.1, 0.15) is 36.5 Å². The van der Waals surface area contributed by atoms with Gasteiger partial charge in [-0.3, -0.25) is 4.79 Å². The minimum atomic E-state index is -0.595. The van der Waals surface area contributed by atoms with Gasteiger partial charge in [-0.1, -0.05) is 12.1 Å². The summed E-state index contributed by atoms with van der Waals surface area (Å²) in [6.07, 6.45) is 0. The average molecular weight is 380 g/mol. The molecule has 0 spiro atoms. The van der Waals surface area contributed by atoms with Crippen molar-refractivity contribution in [3.8, 4) is 11.5 Å². The Morgan fingerprint density at radius 2 is 1.93 bits per heavy atom. The number of hydrogen-bond acceptors (Lipinski definition) is 6. The predicted octanol–water partition coefficient (Wildman–Crippen LogP) is 2.43. The van der Waals surface area contributed by atoms with Crippen LogP contribution >= 0.6 is 0 Å². The number of rotatable bonds is 2. The summed E-state index contributed by atoms with van der Waals surface area (Å²) < 4.78 is 11.0. The Morgan fingerprint density at radius 1 is 1.25 bits per heavy atom. The molecule has 1 unspecified atom stereocenters. The summed E-state index contributed by atoms with van der Waals surface area (Å²) in [6.45, 7) is 4.03. The van der Waals surface area contributed by atoms with E-state index in [2.05, 4.69) is 10.4 Å². The van der Waals surface area contributed by atoms with Gasteiger partial charge in [-0.05, 0) is 43.7 Å². The Labute approximate surface area is 161 Å². The fourth-order valence-electron chi connectivity index (χ4n) is 3.27. The van der Waals surface area contributed by atoms with E-state index in [1.54, 1.807) is 50.2 Å². The van der Waals surface area contributed by atoms with Crippen molar-refractivity contribution in [3.05, 3.63) is 53.1 Å². The second-order valence-corrected chi connectivity index (χ2v) is 6.57. The summed E-state index contributed by atoms with van der Waals surface area (Å²) in [5.74, 6) is 0.133. The molecule has 0 radical (unpaired) electrons. The van der Waals surface area contributed by atoms with E-state index in [1.807, 2.05) is 0 Å². The lowest BCUT2D eigenvalue weighted by molar-refractivity contribution is -0.129. The van der Waals surface area contributed by atoms with E-state index in [-0.39, 0.29) is 6.79 Å². The quantitative estimate of drug-likeness (QED) is 0.779. The maximum Gasteiger partial charge on any atom is 0.345 e. The Morgan fingerprint density at radius 3 is 2.61 bits per heavy atom. The minimum absolute atomic E-state index is 0.125. The van der Waals surface area contributed by atoms with Crippen molar-refractivity contribution >= 4 is 23.3 Å². The van der Waals surface area contributed by atoms with Gasteiger partial charge in [0.1, 0.15) is 0 Å². The number of hydrazone groups is 1. The maximum atomic E-state index is 13.0. The van der Waals surface area contributed by atoms with Crippen LogP contribution in [0, 0.1) is 0 Å². The number of amides is 3. The molecule has 0 saturated heterocycles. The lowest BCUT2D eigenvalue weighted by Gasteiger charge is -2.17. The van der Waals surface area contributed by atoms with Crippen LogP contribution < -0.4 is 20.5 Å². The number of benzene rings is 2. The number of imide groups is 1. The smallest absolute Gasteiger partial charge is 0.345 e. The molecule has 8 nitrogen and oxygen atoms in total. The first-order chi connectivity index (χ1) is 13.5. The van der Waals surface area contributed by atoms with Gasteiger partial charge >= 0.3 is 6.03 Å². The molecule has 3 amide bonds. The van der Waals surface area contributed by atoms with E-state index in [4.69, 9.17) is 15.2 Å². The number of nitrogens with zero attached hydrogens (tertiary/aromatic N) is 2. The van der Waals surface area contributed by atoms with Gasteiger partial charge in [0.05, 0.1) is 11.6 Å². The largest absolute Gasteiger partial charge is 0.454 e. The first-order valence-corrected chi connectivity index (χ1v) is 8.99. The van der Waals surface area contributed by atoms with Crippen molar-refractivity contribution in [2.24, 2.45) is 5.10 Å². The van der Waals surface area contributed by atoms with Gasteiger partial charge in [0.25, 0.3) is 5.91 Å². The van der Waals surface area contributed by atoms with E-state index >= 15 is 0 Å². The fourth-order valence-corrected chi connectivity index (χ4v) is 3.27. The molecule has 8 heteroatoms. The van der Waals surface area contributed by atoms with Crippen molar-refractivity contribution in [1.29, 1.82) is 0 Å². The van der Waals surface area contributed by atoms with Gasteiger partial charge in [-0.25, -0.2) is 4.79 Å². The third kappa shape index (κ3) is 2.92. The van der Waals surface area contributed by atoms with Gasteiger partial charge in [0, 0.05) is 23.4 Å². The highest BCUT2D eigenvalue weighted by Crippen LogP contribution is 2.40. The molecule has 0 saturated carbocycles. The minimum Gasteiger partial charge on any atom is -0.454 e. The predicted molar refractivity (Wildman–Crippen MR) is 103 cm³/mol. The number of anilines is 1. The number of nitrogens with one attached hydrogen (secondary N) is 1. The van der Waals surface area contributed by atoms with Crippen LogP contribution in [0.5, 0.6) is 11.5 Å². The molecule has 0 aliphatic carbocycles. The van der Waals surface area contributed by atoms with Gasteiger partial charge in [-0.2, -0.15) is 5.10 Å². The summed E-state index contributed by atoms with van der Waals surface area (Å²) in [5.41, 5.74) is 9.05. The molecule has 2 aliphatic rings. The molecule has 0 aromatic heterocycles. The zero-order valence-electron chi connectivity index (χ0n) is 15.6. The van der Waals surface area contributed by atoms with Crippen LogP contribution in [0.4, 0.5) is 10.5 Å². The second-order valence-electron chi connectivity index (χ2n) is 6.57. The Kier molecular flexibility index (Phi) is 4.38. The van der Waals surface area contributed by atoms with Crippen molar-refractivity contribution in [3.63, 3.8) is 0 Å². The van der Waals surface area contributed by atoms with Gasteiger partial charge in [0.2, 0.25) is 6.79 Å². The lowest BCUT2D eigenvalue weighted by Crippen LogP contribution is -2.41. The Balaban J connectivity index is 1.93. The van der Waals surface area contributed by atoms with Crippen molar-refractivity contribution in [2.45, 2.75) is 19.8 Å². The molecule has 0 fully saturated rings. The summed E-state index contributed by atoms with van der Waals surface area (Å²) in [7, 11) is 0. The van der Waals surface area contributed by atoms with Crippen molar-refractivity contribution in [2.75, 3.05) is 19.1 Å². The molecule has 0 bridgehead atoms. The first kappa shape index (κ1) is 17.8. The van der Waals surface area contributed by atoms with Crippen LogP contribution in [0.3, 0.4) is 0 Å². The summed E-state index contributed by atoms with van der Waals surface area (Å²) in [4.78, 5) is 25.5.